The van der Waals surface area contributed by atoms with Crippen molar-refractivity contribution in [1.82, 2.24) is 9.62 Å². The fourth-order valence-corrected chi connectivity index (χ4v) is 4.24. The van der Waals surface area contributed by atoms with Gasteiger partial charge in [0.1, 0.15) is 0 Å². The molecule has 1 N–H and O–H groups in total. The molecule has 1 aliphatic rings. The predicted molar refractivity (Wildman–Crippen MR) is 85.3 cm³/mol. The first-order valence-electron chi connectivity index (χ1n) is 7.84. The molecule has 0 amide bonds. The van der Waals surface area contributed by atoms with E-state index >= 15 is 0 Å². The molecule has 0 aromatic carbocycles. The van der Waals surface area contributed by atoms with E-state index in [1.165, 1.54) is 0 Å². The van der Waals surface area contributed by atoms with E-state index in [2.05, 4.69) is 26.1 Å². The molecular weight excluding hydrogens is 272 g/mol. The second-order valence-electron chi connectivity index (χ2n) is 7.32. The molecule has 20 heavy (non-hydrogen) atoms. The van der Waals surface area contributed by atoms with E-state index in [-0.39, 0.29) is 11.2 Å². The summed E-state index contributed by atoms with van der Waals surface area (Å²) in [5.74, 6) is 0.835. The quantitative estimate of drug-likeness (QED) is 0.849. The molecule has 0 aromatic rings. The molecule has 1 aliphatic heterocycles. The first kappa shape index (κ1) is 17.9. The van der Waals surface area contributed by atoms with E-state index in [0.717, 1.165) is 19.3 Å². The van der Waals surface area contributed by atoms with E-state index in [9.17, 15) is 8.42 Å². The van der Waals surface area contributed by atoms with Crippen LogP contribution in [0.1, 0.15) is 53.9 Å². The average Bonchev–Trinajstić information content (AvgIpc) is 2.52. The standard InChI is InChI=1S/C15H32N2O2S/c1-13(2)16-9-12-20(18,19)17-10-6-7-14(8-11-17)15(3,4)5/h13-14,16H,6-12H2,1-5H3. The zero-order valence-corrected chi connectivity index (χ0v) is 14.6. The van der Waals surface area contributed by atoms with Gasteiger partial charge in [-0.05, 0) is 30.6 Å². The lowest BCUT2D eigenvalue weighted by Gasteiger charge is -2.29. The third-order valence-corrected chi connectivity index (χ3v) is 6.09. The molecule has 1 rings (SSSR count). The molecule has 1 atom stereocenters. The van der Waals surface area contributed by atoms with Crippen molar-refractivity contribution in [1.29, 1.82) is 0 Å². The van der Waals surface area contributed by atoms with Crippen LogP contribution in [0.2, 0.25) is 0 Å². The lowest BCUT2D eigenvalue weighted by Crippen LogP contribution is -2.38. The third-order valence-electron chi connectivity index (χ3n) is 4.22. The molecule has 1 heterocycles. The molecule has 1 unspecified atom stereocenters. The maximum atomic E-state index is 12.4. The van der Waals surface area contributed by atoms with Crippen LogP contribution in [-0.4, -0.2) is 44.2 Å². The Hall–Kier alpha value is -0.130. The highest BCUT2D eigenvalue weighted by Gasteiger charge is 2.30. The molecule has 0 bridgehead atoms. The molecule has 120 valence electrons. The molecule has 1 fully saturated rings. The largest absolute Gasteiger partial charge is 0.313 e. The maximum absolute atomic E-state index is 12.4. The topological polar surface area (TPSA) is 49.4 Å². The minimum absolute atomic E-state index is 0.214. The Morgan fingerprint density at radius 1 is 1.20 bits per heavy atom. The summed E-state index contributed by atoms with van der Waals surface area (Å²) in [6.45, 7) is 12.8. The highest BCUT2D eigenvalue weighted by molar-refractivity contribution is 7.89. The van der Waals surface area contributed by atoms with Gasteiger partial charge in [-0.25, -0.2) is 12.7 Å². The number of nitrogens with zero attached hydrogens (tertiary/aromatic N) is 1. The Labute approximate surface area is 125 Å². The Bertz CT molecular complexity index is 385. The predicted octanol–water partition coefficient (Wildman–Crippen LogP) is 2.46. The average molecular weight is 305 g/mol. The Kier molecular flexibility index (Phi) is 6.48. The van der Waals surface area contributed by atoms with Gasteiger partial charge in [-0.2, -0.15) is 0 Å². The van der Waals surface area contributed by atoms with E-state index in [0.29, 0.717) is 31.6 Å². The van der Waals surface area contributed by atoms with Gasteiger partial charge in [-0.1, -0.05) is 34.6 Å². The van der Waals surface area contributed by atoms with Crippen LogP contribution < -0.4 is 5.32 Å². The summed E-state index contributed by atoms with van der Waals surface area (Å²) in [6.07, 6.45) is 3.11. The van der Waals surface area contributed by atoms with Gasteiger partial charge in [0, 0.05) is 25.7 Å². The van der Waals surface area contributed by atoms with Gasteiger partial charge in [0.05, 0.1) is 5.75 Å². The summed E-state index contributed by atoms with van der Waals surface area (Å²) in [5.41, 5.74) is 0.277. The zero-order chi connectivity index (χ0) is 15.4. The molecule has 4 nitrogen and oxygen atoms in total. The van der Waals surface area contributed by atoms with Crippen LogP contribution in [0.3, 0.4) is 0 Å². The summed E-state index contributed by atoms with van der Waals surface area (Å²) in [7, 11) is -3.10. The van der Waals surface area contributed by atoms with Crippen molar-refractivity contribution in [2.24, 2.45) is 11.3 Å². The van der Waals surface area contributed by atoms with Crippen LogP contribution in [0.15, 0.2) is 0 Å². The van der Waals surface area contributed by atoms with Crippen LogP contribution in [0.4, 0.5) is 0 Å². The summed E-state index contributed by atoms with van der Waals surface area (Å²) in [4.78, 5) is 0. The van der Waals surface area contributed by atoms with Crippen LogP contribution in [0.5, 0.6) is 0 Å². The SMILES string of the molecule is CC(C)NCCS(=O)(=O)N1CCCC(C(C)(C)C)CC1. The van der Waals surface area contributed by atoms with Gasteiger partial charge in [-0.15, -0.1) is 0 Å². The highest BCUT2D eigenvalue weighted by atomic mass is 32.2. The minimum Gasteiger partial charge on any atom is -0.313 e. The molecule has 0 aliphatic carbocycles. The monoisotopic (exact) mass is 304 g/mol. The van der Waals surface area contributed by atoms with Gasteiger partial charge < -0.3 is 5.32 Å². The van der Waals surface area contributed by atoms with Crippen LogP contribution in [0.25, 0.3) is 0 Å². The minimum atomic E-state index is -3.10. The Morgan fingerprint density at radius 3 is 2.40 bits per heavy atom. The maximum Gasteiger partial charge on any atom is 0.215 e. The normalized spacial score (nSPS) is 23.0. The first-order valence-corrected chi connectivity index (χ1v) is 9.45. The van der Waals surface area contributed by atoms with Crippen molar-refractivity contribution in [3.05, 3.63) is 0 Å². The fourth-order valence-electron chi connectivity index (χ4n) is 2.82. The van der Waals surface area contributed by atoms with Gasteiger partial charge in [0.25, 0.3) is 0 Å². The highest BCUT2D eigenvalue weighted by Crippen LogP contribution is 2.34. The Morgan fingerprint density at radius 2 is 1.85 bits per heavy atom. The second-order valence-corrected chi connectivity index (χ2v) is 9.41. The van der Waals surface area contributed by atoms with Gasteiger partial charge in [0.15, 0.2) is 0 Å². The number of rotatable bonds is 5. The van der Waals surface area contributed by atoms with Crippen LogP contribution >= 0.6 is 0 Å². The van der Waals surface area contributed by atoms with Crippen molar-refractivity contribution in [3.8, 4) is 0 Å². The van der Waals surface area contributed by atoms with Gasteiger partial charge in [0.2, 0.25) is 10.0 Å². The fraction of sp³-hybridized carbons (Fsp3) is 1.00. The van der Waals surface area contributed by atoms with Crippen molar-refractivity contribution < 1.29 is 8.42 Å². The Balaban J connectivity index is 2.55. The van der Waals surface area contributed by atoms with Crippen molar-refractivity contribution in [2.75, 3.05) is 25.4 Å². The summed E-state index contributed by atoms with van der Waals surface area (Å²) in [5, 5.41) is 3.18. The lowest BCUT2D eigenvalue weighted by atomic mass is 9.77. The zero-order valence-electron chi connectivity index (χ0n) is 13.8. The lowest BCUT2D eigenvalue weighted by molar-refractivity contribution is 0.217. The summed E-state index contributed by atoms with van der Waals surface area (Å²) in [6, 6.07) is 0.333. The number of nitrogens with one attached hydrogen (secondary N) is 1. The molecule has 0 aromatic heterocycles. The van der Waals surface area contributed by atoms with Crippen molar-refractivity contribution in [2.45, 2.75) is 59.9 Å². The molecule has 1 saturated heterocycles. The van der Waals surface area contributed by atoms with E-state index in [1.54, 1.807) is 4.31 Å². The van der Waals surface area contributed by atoms with Gasteiger partial charge >= 0.3 is 0 Å². The smallest absolute Gasteiger partial charge is 0.215 e. The number of sulfonamides is 1. The third kappa shape index (κ3) is 5.70. The molecule has 0 saturated carbocycles. The van der Waals surface area contributed by atoms with E-state index in [4.69, 9.17) is 0 Å². The first-order chi connectivity index (χ1) is 9.13. The molecule has 0 radical (unpaired) electrons. The summed E-state index contributed by atoms with van der Waals surface area (Å²) >= 11 is 0. The van der Waals surface area contributed by atoms with Crippen molar-refractivity contribution in [3.63, 3.8) is 0 Å². The van der Waals surface area contributed by atoms with Crippen molar-refractivity contribution >= 4 is 10.0 Å². The second kappa shape index (κ2) is 7.23. The van der Waals surface area contributed by atoms with Gasteiger partial charge in [-0.3, -0.25) is 0 Å². The van der Waals surface area contributed by atoms with E-state index < -0.39 is 10.0 Å². The van der Waals surface area contributed by atoms with Crippen LogP contribution in [0, 0.1) is 11.3 Å². The molecule has 5 heteroatoms. The number of hydrogen-bond acceptors (Lipinski definition) is 3. The molecular formula is C15H32N2O2S. The summed E-state index contributed by atoms with van der Waals surface area (Å²) < 4.78 is 26.4. The number of hydrogen-bond donors (Lipinski definition) is 1. The van der Waals surface area contributed by atoms with Crippen LogP contribution in [-0.2, 0) is 10.0 Å². The molecule has 0 spiro atoms. The van der Waals surface area contributed by atoms with E-state index in [1.807, 2.05) is 13.8 Å².